The van der Waals surface area contributed by atoms with Gasteiger partial charge >= 0.3 is 11.8 Å². The van der Waals surface area contributed by atoms with Crippen LogP contribution in [0.3, 0.4) is 0 Å². The van der Waals surface area contributed by atoms with E-state index in [0.717, 1.165) is 44.3 Å². The summed E-state index contributed by atoms with van der Waals surface area (Å²) in [5, 5.41) is 16.6. The van der Waals surface area contributed by atoms with Crippen molar-refractivity contribution in [1.29, 1.82) is 0 Å². The Morgan fingerprint density at radius 1 is 1.07 bits per heavy atom. The average Bonchev–Trinajstić information content (AvgIpc) is 3.14. The number of rotatable bonds is 5. The van der Waals surface area contributed by atoms with Crippen molar-refractivity contribution < 1.29 is 24.2 Å². The summed E-state index contributed by atoms with van der Waals surface area (Å²) in [6, 6.07) is 5.37. The molecule has 224 valence electrons. The first-order chi connectivity index (χ1) is 19.3. The minimum atomic E-state index is -0.755. The number of fused-ring (bicyclic) bond motifs is 1. The number of aromatic nitrogens is 2. The monoisotopic (exact) mass is 569 g/mol. The molecule has 3 fully saturated rings. The highest BCUT2D eigenvalue weighted by Crippen LogP contribution is 2.34. The summed E-state index contributed by atoms with van der Waals surface area (Å²) in [4.78, 5) is 51.6. The lowest BCUT2D eigenvalue weighted by Gasteiger charge is -2.41. The molecule has 2 saturated heterocycles. The first-order valence-corrected chi connectivity index (χ1v) is 14.8. The predicted octanol–water partition coefficient (Wildman–Crippen LogP) is 2.70. The van der Waals surface area contributed by atoms with Crippen LogP contribution in [0.2, 0.25) is 0 Å². The maximum Gasteiger partial charge on any atom is 0.407 e. The predicted molar refractivity (Wildman–Crippen MR) is 154 cm³/mol. The zero-order chi connectivity index (χ0) is 29.5. The van der Waals surface area contributed by atoms with Gasteiger partial charge in [-0.1, -0.05) is 6.07 Å². The number of hydrogen-bond donors (Lipinski definition) is 3. The second kappa shape index (κ2) is 11.2. The highest BCUT2D eigenvalue weighted by Gasteiger charge is 2.37. The Bertz CT molecular complexity index is 1370. The second-order valence-corrected chi connectivity index (χ2v) is 13.1. The van der Waals surface area contributed by atoms with Gasteiger partial charge in [-0.3, -0.25) is 24.0 Å². The van der Waals surface area contributed by atoms with Crippen molar-refractivity contribution >= 4 is 28.9 Å². The number of β-amino-alcohol motifs (C(OH)–C–C–N with tert-alkyl or cyclic N) is 1. The van der Waals surface area contributed by atoms with Crippen LogP contribution in [0, 0.1) is 0 Å². The Morgan fingerprint density at radius 2 is 1.76 bits per heavy atom. The van der Waals surface area contributed by atoms with Gasteiger partial charge in [0.05, 0.1) is 16.6 Å². The number of carbonyl (C=O) groups excluding carboxylic acids is 3. The number of carbonyl (C=O) groups is 3. The zero-order valence-electron chi connectivity index (χ0n) is 24.6. The molecule has 0 bridgehead atoms. The summed E-state index contributed by atoms with van der Waals surface area (Å²) in [6.07, 6.45) is 4.77. The molecular formula is C30H43N5O6. The molecule has 5 rings (SSSR count). The minimum Gasteiger partial charge on any atom is -0.444 e. The fraction of sp³-hybridized carbons (Fsp3) is 0.667. The van der Waals surface area contributed by atoms with E-state index < -0.39 is 29.2 Å². The number of alkyl carbamates (subject to hydrolysis) is 1. The molecule has 3 heterocycles. The van der Waals surface area contributed by atoms with Gasteiger partial charge in [0.1, 0.15) is 11.6 Å². The first-order valence-electron chi connectivity index (χ1n) is 14.8. The Labute approximate surface area is 240 Å². The smallest absolute Gasteiger partial charge is 0.407 e. The molecule has 3 amide bonds. The third-order valence-corrected chi connectivity index (χ3v) is 8.85. The number of hydrogen-bond acceptors (Lipinski definition) is 7. The lowest BCUT2D eigenvalue weighted by molar-refractivity contribution is -0.135. The Morgan fingerprint density at radius 3 is 2.39 bits per heavy atom. The molecule has 3 N–H and O–H groups in total. The number of ether oxygens (including phenoxy) is 1. The Balaban J connectivity index is 1.17. The van der Waals surface area contributed by atoms with E-state index in [1.807, 2.05) is 26.8 Å². The summed E-state index contributed by atoms with van der Waals surface area (Å²) < 4.78 is 8.47. The number of likely N-dealkylation sites (tertiary alicyclic amines) is 1. The summed E-state index contributed by atoms with van der Waals surface area (Å²) in [7, 11) is 1.72. The van der Waals surface area contributed by atoms with Crippen LogP contribution in [0.15, 0.2) is 23.0 Å². The number of imidazole rings is 1. The molecule has 11 nitrogen and oxygen atoms in total. The highest BCUT2D eigenvalue weighted by atomic mass is 16.6. The maximum absolute atomic E-state index is 13.1. The molecule has 2 aliphatic heterocycles. The van der Waals surface area contributed by atoms with Crippen molar-refractivity contribution in [3.8, 4) is 0 Å². The number of imide groups is 1. The van der Waals surface area contributed by atoms with Crippen molar-refractivity contribution in [2.45, 2.75) is 101 Å². The van der Waals surface area contributed by atoms with Crippen LogP contribution in [0.25, 0.3) is 11.0 Å². The summed E-state index contributed by atoms with van der Waals surface area (Å²) >= 11 is 0. The van der Waals surface area contributed by atoms with Crippen molar-refractivity contribution in [1.82, 2.24) is 24.7 Å². The van der Waals surface area contributed by atoms with Crippen LogP contribution in [0.4, 0.5) is 4.79 Å². The quantitative estimate of drug-likeness (QED) is 0.471. The van der Waals surface area contributed by atoms with Gasteiger partial charge in [0, 0.05) is 26.1 Å². The van der Waals surface area contributed by atoms with E-state index in [-0.39, 0.29) is 24.1 Å². The Kier molecular flexibility index (Phi) is 8.04. The number of piperidine rings is 2. The van der Waals surface area contributed by atoms with Gasteiger partial charge in [-0.2, -0.15) is 0 Å². The molecular weight excluding hydrogens is 526 g/mol. The number of nitrogens with zero attached hydrogens (tertiary/aromatic N) is 3. The van der Waals surface area contributed by atoms with E-state index in [9.17, 15) is 24.3 Å². The largest absolute Gasteiger partial charge is 0.444 e. The van der Waals surface area contributed by atoms with Crippen LogP contribution in [0.1, 0.15) is 89.7 Å². The van der Waals surface area contributed by atoms with Crippen LogP contribution in [-0.4, -0.2) is 73.9 Å². The molecule has 1 aliphatic carbocycles. The molecule has 1 aromatic carbocycles. The van der Waals surface area contributed by atoms with Crippen molar-refractivity contribution in [2.75, 3.05) is 19.6 Å². The number of benzene rings is 1. The average molecular weight is 570 g/mol. The molecule has 3 aliphatic rings. The fourth-order valence-corrected chi connectivity index (χ4v) is 6.64. The minimum absolute atomic E-state index is 0.0200. The van der Waals surface area contributed by atoms with Gasteiger partial charge in [-0.15, -0.1) is 0 Å². The first kappa shape index (κ1) is 29.3. The van der Waals surface area contributed by atoms with E-state index in [4.69, 9.17) is 4.74 Å². The maximum atomic E-state index is 13.1. The SMILES string of the molecule is Cn1c(=O)n(C2CCC(=O)NC2=O)c2ccc(C3CCN(CC4(O)CCC(NC(=O)OC(C)(C)C)CC4)CC3)cc21. The summed E-state index contributed by atoms with van der Waals surface area (Å²) in [6.45, 7) is 7.91. The van der Waals surface area contributed by atoms with Crippen LogP contribution < -0.4 is 16.3 Å². The molecule has 1 saturated carbocycles. The van der Waals surface area contributed by atoms with Gasteiger partial charge in [0.25, 0.3) is 0 Å². The molecule has 0 radical (unpaired) electrons. The standard InChI is InChI=1S/C30H43N5O6/c1-29(2,3)41-27(38)31-21-9-13-30(40,14-10-21)18-34-15-11-19(12-16-34)20-5-6-22-24(17-20)33(4)28(39)35(22)23-7-8-25(36)32-26(23)37/h5-6,17,19,21,23,40H,7-16,18H2,1-4H3,(H,31,38)(H,32,36,37). The third-order valence-electron chi connectivity index (χ3n) is 8.85. The van der Waals surface area contributed by atoms with Gasteiger partial charge in [-0.05, 0) is 102 Å². The molecule has 2 aromatic rings. The van der Waals surface area contributed by atoms with E-state index in [1.54, 1.807) is 11.6 Å². The number of aryl methyl sites for hydroxylation is 1. The fourth-order valence-electron chi connectivity index (χ4n) is 6.64. The van der Waals surface area contributed by atoms with Crippen molar-refractivity contribution in [3.63, 3.8) is 0 Å². The number of amides is 3. The van der Waals surface area contributed by atoms with E-state index in [2.05, 4.69) is 27.7 Å². The lowest BCUT2D eigenvalue weighted by Crippen LogP contribution is -2.50. The van der Waals surface area contributed by atoms with Crippen LogP contribution >= 0.6 is 0 Å². The second-order valence-electron chi connectivity index (χ2n) is 13.1. The third kappa shape index (κ3) is 6.51. The van der Waals surface area contributed by atoms with Crippen LogP contribution in [0.5, 0.6) is 0 Å². The molecule has 1 aromatic heterocycles. The normalized spacial score (nSPS) is 26.7. The summed E-state index contributed by atoms with van der Waals surface area (Å²) in [5.74, 6) is -0.391. The van der Waals surface area contributed by atoms with E-state index in [1.165, 1.54) is 10.1 Å². The molecule has 1 atom stereocenters. The molecule has 0 spiro atoms. The lowest BCUT2D eigenvalue weighted by atomic mass is 9.81. The van der Waals surface area contributed by atoms with Crippen molar-refractivity contribution in [2.24, 2.45) is 7.05 Å². The van der Waals surface area contributed by atoms with Crippen LogP contribution in [-0.2, 0) is 21.4 Å². The topological polar surface area (TPSA) is 135 Å². The summed E-state index contributed by atoms with van der Waals surface area (Å²) in [5.41, 5.74) is 1.11. The van der Waals surface area contributed by atoms with Gasteiger partial charge in [0.15, 0.2) is 0 Å². The van der Waals surface area contributed by atoms with Crippen molar-refractivity contribution in [3.05, 3.63) is 34.2 Å². The zero-order valence-corrected chi connectivity index (χ0v) is 24.6. The van der Waals surface area contributed by atoms with E-state index >= 15 is 0 Å². The highest BCUT2D eigenvalue weighted by molar-refractivity contribution is 6.00. The number of aliphatic hydroxyl groups is 1. The number of nitrogens with one attached hydrogen (secondary N) is 2. The van der Waals surface area contributed by atoms with E-state index in [0.29, 0.717) is 37.2 Å². The molecule has 1 unspecified atom stereocenters. The van der Waals surface area contributed by atoms with Gasteiger partial charge < -0.3 is 20.1 Å². The Hall–Kier alpha value is -3.18. The van der Waals surface area contributed by atoms with Gasteiger partial charge in [-0.25, -0.2) is 9.59 Å². The van der Waals surface area contributed by atoms with Gasteiger partial charge in [0.2, 0.25) is 11.8 Å². The molecule has 11 heteroatoms. The molecule has 41 heavy (non-hydrogen) atoms.